The van der Waals surface area contributed by atoms with Gasteiger partial charge in [0.1, 0.15) is 5.82 Å². The number of carbonyl (C=O) groups excluding carboxylic acids is 1. The highest BCUT2D eigenvalue weighted by molar-refractivity contribution is 6.36. The maximum Gasteiger partial charge on any atom is 0.255 e. The number of halogens is 3. The monoisotopic (exact) mass is 381 g/mol. The molecular weight excluding hydrogens is 364 g/mol. The number of ether oxygens (including phenoxy) is 1. The first-order valence-electron chi connectivity index (χ1n) is 8.14. The Bertz CT molecular complexity index is 769. The summed E-state index contributed by atoms with van der Waals surface area (Å²) in [4.78, 5) is 14.4. The van der Waals surface area contributed by atoms with Crippen molar-refractivity contribution in [1.29, 1.82) is 0 Å². The summed E-state index contributed by atoms with van der Waals surface area (Å²) in [5, 5.41) is 0.832. The molecule has 2 aromatic rings. The highest BCUT2D eigenvalue weighted by Crippen LogP contribution is 2.24. The van der Waals surface area contributed by atoms with Crippen LogP contribution >= 0.6 is 23.2 Å². The van der Waals surface area contributed by atoms with Crippen LogP contribution in [0.5, 0.6) is 0 Å². The summed E-state index contributed by atoms with van der Waals surface area (Å²) in [6.45, 7) is 1.31. The molecule has 1 atom stereocenters. The first kappa shape index (κ1) is 18.2. The second-order valence-corrected chi connectivity index (χ2v) is 6.89. The van der Waals surface area contributed by atoms with Gasteiger partial charge in [-0.25, -0.2) is 4.39 Å². The first-order chi connectivity index (χ1) is 12.0. The van der Waals surface area contributed by atoms with E-state index < -0.39 is 0 Å². The van der Waals surface area contributed by atoms with E-state index in [0.29, 0.717) is 34.3 Å². The standard InChI is InChI=1S/C19H18Cl2FNO2/c20-14-7-8-16(17(21)10-14)19(24)23-9-3-5-15(11-23)25-12-13-4-1-2-6-18(13)22/h1-2,4,6-8,10,15H,3,5,9,11-12H2/t15-/m1/s1. The third-order valence-electron chi connectivity index (χ3n) is 4.26. The first-order valence-corrected chi connectivity index (χ1v) is 8.89. The van der Waals surface area contributed by atoms with Crippen LogP contribution in [-0.2, 0) is 11.3 Å². The van der Waals surface area contributed by atoms with E-state index in [4.69, 9.17) is 27.9 Å². The second-order valence-electron chi connectivity index (χ2n) is 6.04. The third-order valence-corrected chi connectivity index (χ3v) is 4.81. The molecule has 0 saturated carbocycles. The molecule has 2 aromatic carbocycles. The SMILES string of the molecule is O=C(c1ccc(Cl)cc1Cl)N1CCC[C@@H](OCc2ccccc2F)C1. The van der Waals surface area contributed by atoms with Crippen LogP contribution in [0.1, 0.15) is 28.8 Å². The van der Waals surface area contributed by atoms with Crippen LogP contribution in [0.25, 0.3) is 0 Å². The summed E-state index contributed by atoms with van der Waals surface area (Å²) >= 11 is 12.0. The van der Waals surface area contributed by atoms with Gasteiger partial charge in [-0.1, -0.05) is 41.4 Å². The summed E-state index contributed by atoms with van der Waals surface area (Å²) in [5.74, 6) is -0.417. The second kappa shape index (κ2) is 8.17. The maximum atomic E-state index is 13.7. The number of benzene rings is 2. The van der Waals surface area contributed by atoms with Crippen molar-refractivity contribution in [3.05, 3.63) is 69.5 Å². The van der Waals surface area contributed by atoms with Gasteiger partial charge in [0.25, 0.3) is 5.91 Å². The average Bonchev–Trinajstić information content (AvgIpc) is 2.61. The number of nitrogens with zero attached hydrogens (tertiary/aromatic N) is 1. The minimum atomic E-state index is -0.279. The predicted octanol–water partition coefficient (Wildman–Crippen LogP) is 4.95. The molecule has 1 fully saturated rings. The molecule has 0 unspecified atom stereocenters. The molecule has 0 spiro atoms. The van der Waals surface area contributed by atoms with Gasteiger partial charge in [-0.3, -0.25) is 4.79 Å². The highest BCUT2D eigenvalue weighted by Gasteiger charge is 2.26. The number of carbonyl (C=O) groups is 1. The van der Waals surface area contributed by atoms with Crippen molar-refractivity contribution in [1.82, 2.24) is 4.90 Å². The van der Waals surface area contributed by atoms with E-state index in [9.17, 15) is 9.18 Å². The molecule has 1 aliphatic rings. The van der Waals surface area contributed by atoms with Crippen molar-refractivity contribution in [3.8, 4) is 0 Å². The zero-order valence-corrected chi connectivity index (χ0v) is 15.1. The smallest absolute Gasteiger partial charge is 0.255 e. The molecule has 0 N–H and O–H groups in total. The molecular formula is C19H18Cl2FNO2. The Morgan fingerprint density at radius 3 is 2.80 bits per heavy atom. The number of amides is 1. The quantitative estimate of drug-likeness (QED) is 0.749. The van der Waals surface area contributed by atoms with Gasteiger partial charge in [-0.05, 0) is 37.1 Å². The molecule has 1 aliphatic heterocycles. The molecule has 6 heteroatoms. The topological polar surface area (TPSA) is 29.5 Å². The lowest BCUT2D eigenvalue weighted by Gasteiger charge is -2.33. The lowest BCUT2D eigenvalue weighted by molar-refractivity contribution is -0.00761. The molecule has 3 rings (SSSR count). The zero-order chi connectivity index (χ0) is 17.8. The maximum absolute atomic E-state index is 13.7. The van der Waals surface area contributed by atoms with Gasteiger partial charge in [-0.15, -0.1) is 0 Å². The van der Waals surface area contributed by atoms with E-state index in [1.54, 1.807) is 41.3 Å². The largest absolute Gasteiger partial charge is 0.372 e. The van der Waals surface area contributed by atoms with Crippen LogP contribution in [0, 0.1) is 5.82 Å². The van der Waals surface area contributed by atoms with Gasteiger partial charge in [-0.2, -0.15) is 0 Å². The molecule has 0 aromatic heterocycles. The fourth-order valence-electron chi connectivity index (χ4n) is 2.92. The summed E-state index contributed by atoms with van der Waals surface area (Å²) in [5.41, 5.74) is 0.951. The fourth-order valence-corrected chi connectivity index (χ4v) is 3.40. The van der Waals surface area contributed by atoms with Crippen LogP contribution < -0.4 is 0 Å². The summed E-state index contributed by atoms with van der Waals surface area (Å²) in [6, 6.07) is 11.4. The Morgan fingerprint density at radius 1 is 1.24 bits per heavy atom. The van der Waals surface area contributed by atoms with Gasteiger partial charge < -0.3 is 9.64 Å². The Labute approximate surface area is 156 Å². The van der Waals surface area contributed by atoms with E-state index in [2.05, 4.69) is 0 Å². The van der Waals surface area contributed by atoms with Gasteiger partial charge in [0.15, 0.2) is 0 Å². The molecule has 132 valence electrons. The number of piperidine rings is 1. The van der Waals surface area contributed by atoms with Crippen molar-refractivity contribution >= 4 is 29.1 Å². The third kappa shape index (κ3) is 4.51. The Balaban J connectivity index is 1.62. The molecule has 1 heterocycles. The van der Waals surface area contributed by atoms with Crippen LogP contribution in [0.15, 0.2) is 42.5 Å². The van der Waals surface area contributed by atoms with E-state index in [0.717, 1.165) is 12.8 Å². The number of rotatable bonds is 4. The summed E-state index contributed by atoms with van der Waals surface area (Å²) < 4.78 is 19.5. The molecule has 0 aliphatic carbocycles. The van der Waals surface area contributed by atoms with E-state index in [-0.39, 0.29) is 24.4 Å². The Hall–Kier alpha value is -1.62. The van der Waals surface area contributed by atoms with Crippen LogP contribution in [0.4, 0.5) is 4.39 Å². The van der Waals surface area contributed by atoms with Gasteiger partial charge in [0.2, 0.25) is 0 Å². The highest BCUT2D eigenvalue weighted by atomic mass is 35.5. The van der Waals surface area contributed by atoms with Gasteiger partial charge >= 0.3 is 0 Å². The lowest BCUT2D eigenvalue weighted by Crippen LogP contribution is -2.43. The van der Waals surface area contributed by atoms with Crippen molar-refractivity contribution in [2.75, 3.05) is 13.1 Å². The Morgan fingerprint density at radius 2 is 2.04 bits per heavy atom. The molecule has 25 heavy (non-hydrogen) atoms. The van der Waals surface area contributed by atoms with E-state index >= 15 is 0 Å². The summed E-state index contributed by atoms with van der Waals surface area (Å²) in [7, 11) is 0. The summed E-state index contributed by atoms with van der Waals surface area (Å²) in [6.07, 6.45) is 1.55. The van der Waals surface area contributed by atoms with Crippen LogP contribution in [0.2, 0.25) is 10.0 Å². The normalized spacial score (nSPS) is 17.6. The minimum Gasteiger partial charge on any atom is -0.372 e. The lowest BCUT2D eigenvalue weighted by atomic mass is 10.1. The molecule has 0 radical (unpaired) electrons. The molecule has 1 saturated heterocycles. The fraction of sp³-hybridized carbons (Fsp3) is 0.316. The average molecular weight is 382 g/mol. The van der Waals surface area contributed by atoms with Crippen LogP contribution in [0.3, 0.4) is 0 Å². The van der Waals surface area contributed by atoms with Crippen LogP contribution in [-0.4, -0.2) is 30.0 Å². The number of hydrogen-bond donors (Lipinski definition) is 0. The van der Waals surface area contributed by atoms with Gasteiger partial charge in [0.05, 0.1) is 23.3 Å². The Kier molecular flexibility index (Phi) is 5.94. The molecule has 1 amide bonds. The predicted molar refractivity (Wildman–Crippen MR) is 96.6 cm³/mol. The molecule has 0 bridgehead atoms. The number of likely N-dealkylation sites (tertiary alicyclic amines) is 1. The van der Waals surface area contributed by atoms with Crippen molar-refractivity contribution in [2.24, 2.45) is 0 Å². The number of hydrogen-bond acceptors (Lipinski definition) is 2. The van der Waals surface area contributed by atoms with E-state index in [1.807, 2.05) is 0 Å². The van der Waals surface area contributed by atoms with Crippen molar-refractivity contribution in [2.45, 2.75) is 25.6 Å². The van der Waals surface area contributed by atoms with Gasteiger partial charge in [0, 0.05) is 23.7 Å². The van der Waals surface area contributed by atoms with Crippen molar-refractivity contribution in [3.63, 3.8) is 0 Å². The minimum absolute atomic E-state index is 0.122. The van der Waals surface area contributed by atoms with E-state index in [1.165, 1.54) is 6.07 Å². The van der Waals surface area contributed by atoms with Crippen molar-refractivity contribution < 1.29 is 13.9 Å². The zero-order valence-electron chi connectivity index (χ0n) is 13.6. The molecule has 3 nitrogen and oxygen atoms in total.